The zero-order valence-corrected chi connectivity index (χ0v) is 10.5. The van der Waals surface area contributed by atoms with Crippen LogP contribution in [0.2, 0.25) is 0 Å². The second-order valence-corrected chi connectivity index (χ2v) is 5.71. The molecule has 1 saturated heterocycles. The molecule has 0 radical (unpaired) electrons. The first-order chi connectivity index (χ1) is 7.14. The first-order valence-corrected chi connectivity index (χ1v) is 6.46. The molecule has 15 heavy (non-hydrogen) atoms. The van der Waals surface area contributed by atoms with Crippen LogP contribution in [0.25, 0.3) is 0 Å². The van der Waals surface area contributed by atoms with Crippen molar-refractivity contribution in [1.82, 2.24) is 4.90 Å². The van der Waals surface area contributed by atoms with Gasteiger partial charge in [-0.2, -0.15) is 0 Å². The maximum atomic E-state index is 5.91. The minimum Gasteiger partial charge on any atom is -0.378 e. The fourth-order valence-electron chi connectivity index (χ4n) is 3.51. The van der Waals surface area contributed by atoms with Gasteiger partial charge in [-0.15, -0.1) is 0 Å². The predicted octanol–water partition coefficient (Wildman–Crippen LogP) is 2.68. The Hall–Kier alpha value is -0.0800. The Morgan fingerprint density at radius 3 is 2.80 bits per heavy atom. The average Bonchev–Trinajstić information content (AvgIpc) is 2.61. The molecule has 88 valence electrons. The van der Waals surface area contributed by atoms with E-state index in [4.69, 9.17) is 4.74 Å². The summed E-state index contributed by atoms with van der Waals surface area (Å²) in [6, 6.07) is 0.796. The molecule has 0 aromatic carbocycles. The van der Waals surface area contributed by atoms with E-state index in [1.54, 1.807) is 0 Å². The Morgan fingerprint density at radius 1 is 1.33 bits per heavy atom. The van der Waals surface area contributed by atoms with Crippen LogP contribution in [0.3, 0.4) is 0 Å². The second-order valence-electron chi connectivity index (χ2n) is 5.71. The minimum atomic E-state index is 0.382. The molecule has 2 aliphatic rings. The Morgan fingerprint density at radius 2 is 2.07 bits per heavy atom. The second kappa shape index (κ2) is 4.42. The van der Waals surface area contributed by atoms with E-state index in [9.17, 15) is 0 Å². The Kier molecular flexibility index (Phi) is 3.36. The lowest BCUT2D eigenvalue weighted by Gasteiger charge is -2.45. The number of likely N-dealkylation sites (tertiary alicyclic amines) is 1. The predicted molar refractivity (Wildman–Crippen MR) is 63.0 cm³/mol. The largest absolute Gasteiger partial charge is 0.378 e. The molecule has 2 fully saturated rings. The molecule has 0 N–H and O–H groups in total. The standard InChI is InChI=1S/C13H25NO/c1-11(2)15-10-13-7-4-6-12(13)14(3)9-5-8-13/h11-12H,4-10H2,1-3H3/t12-,13?/m1/s1. The van der Waals surface area contributed by atoms with Gasteiger partial charge in [0.2, 0.25) is 0 Å². The summed E-state index contributed by atoms with van der Waals surface area (Å²) in [5.74, 6) is 0. The van der Waals surface area contributed by atoms with Crippen LogP contribution in [0.15, 0.2) is 0 Å². The van der Waals surface area contributed by atoms with E-state index in [0.717, 1.165) is 12.6 Å². The number of nitrogens with zero attached hydrogens (tertiary/aromatic N) is 1. The Balaban J connectivity index is 2.02. The zero-order chi connectivity index (χ0) is 10.9. The lowest BCUT2D eigenvalue weighted by molar-refractivity contribution is -0.0462. The molecule has 1 saturated carbocycles. The van der Waals surface area contributed by atoms with Crippen molar-refractivity contribution in [3.63, 3.8) is 0 Å². The van der Waals surface area contributed by atoms with Gasteiger partial charge in [0.05, 0.1) is 12.7 Å². The van der Waals surface area contributed by atoms with Gasteiger partial charge in [0.1, 0.15) is 0 Å². The Labute approximate surface area is 94.0 Å². The highest BCUT2D eigenvalue weighted by atomic mass is 16.5. The van der Waals surface area contributed by atoms with Gasteiger partial charge in [0, 0.05) is 11.5 Å². The number of fused-ring (bicyclic) bond motifs is 1. The van der Waals surface area contributed by atoms with Crippen LogP contribution in [-0.2, 0) is 4.74 Å². The molecule has 0 aromatic rings. The van der Waals surface area contributed by atoms with Gasteiger partial charge in [-0.05, 0) is 53.1 Å². The molecule has 0 aromatic heterocycles. The van der Waals surface area contributed by atoms with Gasteiger partial charge in [-0.1, -0.05) is 6.42 Å². The third-order valence-corrected chi connectivity index (χ3v) is 4.28. The van der Waals surface area contributed by atoms with Gasteiger partial charge in [-0.25, -0.2) is 0 Å². The molecular weight excluding hydrogens is 186 g/mol. The number of ether oxygens (including phenoxy) is 1. The summed E-state index contributed by atoms with van der Waals surface area (Å²) in [6.07, 6.45) is 7.29. The van der Waals surface area contributed by atoms with Crippen LogP contribution in [0.4, 0.5) is 0 Å². The number of rotatable bonds is 3. The highest BCUT2D eigenvalue weighted by molar-refractivity contribution is 4.99. The van der Waals surface area contributed by atoms with E-state index in [1.165, 1.54) is 38.6 Å². The van der Waals surface area contributed by atoms with Crippen molar-refractivity contribution in [3.05, 3.63) is 0 Å². The summed E-state index contributed by atoms with van der Waals surface area (Å²) in [4.78, 5) is 2.57. The summed E-state index contributed by atoms with van der Waals surface area (Å²) >= 11 is 0. The molecular formula is C13H25NO. The summed E-state index contributed by atoms with van der Waals surface area (Å²) in [7, 11) is 2.29. The van der Waals surface area contributed by atoms with Crippen molar-refractivity contribution in [3.8, 4) is 0 Å². The smallest absolute Gasteiger partial charge is 0.0540 e. The number of piperidine rings is 1. The van der Waals surface area contributed by atoms with Crippen LogP contribution < -0.4 is 0 Å². The van der Waals surface area contributed by atoms with Crippen molar-refractivity contribution in [2.75, 3.05) is 20.2 Å². The lowest BCUT2D eigenvalue weighted by atomic mass is 9.76. The van der Waals surface area contributed by atoms with E-state index in [0.29, 0.717) is 11.5 Å². The maximum Gasteiger partial charge on any atom is 0.0540 e. The van der Waals surface area contributed by atoms with Crippen molar-refractivity contribution < 1.29 is 4.74 Å². The van der Waals surface area contributed by atoms with E-state index in [1.807, 2.05) is 0 Å². The van der Waals surface area contributed by atoms with Crippen LogP contribution >= 0.6 is 0 Å². The van der Waals surface area contributed by atoms with Crippen LogP contribution in [-0.4, -0.2) is 37.2 Å². The molecule has 2 nitrogen and oxygen atoms in total. The molecule has 2 atom stereocenters. The third-order valence-electron chi connectivity index (χ3n) is 4.28. The van der Waals surface area contributed by atoms with Crippen molar-refractivity contribution in [1.29, 1.82) is 0 Å². The van der Waals surface area contributed by atoms with Crippen LogP contribution in [0.1, 0.15) is 46.0 Å². The van der Waals surface area contributed by atoms with Crippen molar-refractivity contribution in [2.45, 2.75) is 58.1 Å². The van der Waals surface area contributed by atoms with Crippen LogP contribution in [0, 0.1) is 5.41 Å². The van der Waals surface area contributed by atoms with Crippen LogP contribution in [0.5, 0.6) is 0 Å². The summed E-state index contributed by atoms with van der Waals surface area (Å²) < 4.78 is 5.91. The van der Waals surface area contributed by atoms with Crippen molar-refractivity contribution in [2.24, 2.45) is 5.41 Å². The summed E-state index contributed by atoms with van der Waals surface area (Å²) in [5, 5.41) is 0. The van der Waals surface area contributed by atoms with E-state index < -0.39 is 0 Å². The van der Waals surface area contributed by atoms with Gasteiger partial charge in [0.25, 0.3) is 0 Å². The SMILES string of the molecule is CC(C)OCC12CCC[C@H]1N(C)CCC2. The average molecular weight is 211 g/mol. The third kappa shape index (κ3) is 2.21. The fraction of sp³-hybridized carbons (Fsp3) is 1.00. The highest BCUT2D eigenvalue weighted by Gasteiger charge is 2.46. The maximum absolute atomic E-state index is 5.91. The van der Waals surface area contributed by atoms with Crippen molar-refractivity contribution >= 4 is 0 Å². The summed E-state index contributed by atoms with van der Waals surface area (Å²) in [6.45, 7) is 6.56. The van der Waals surface area contributed by atoms with Gasteiger partial charge >= 0.3 is 0 Å². The monoisotopic (exact) mass is 211 g/mol. The number of hydrogen-bond donors (Lipinski definition) is 0. The molecule has 0 amide bonds. The quantitative estimate of drug-likeness (QED) is 0.711. The zero-order valence-electron chi connectivity index (χ0n) is 10.5. The molecule has 1 heterocycles. The number of hydrogen-bond acceptors (Lipinski definition) is 2. The molecule has 2 heteroatoms. The fourth-order valence-corrected chi connectivity index (χ4v) is 3.51. The Bertz CT molecular complexity index is 217. The summed E-state index contributed by atoms with van der Waals surface area (Å²) in [5.41, 5.74) is 0.497. The highest BCUT2D eigenvalue weighted by Crippen LogP contribution is 2.47. The lowest BCUT2D eigenvalue weighted by Crippen LogP contribution is -2.49. The molecule has 1 unspecified atom stereocenters. The van der Waals surface area contributed by atoms with E-state index >= 15 is 0 Å². The minimum absolute atomic E-state index is 0.382. The van der Waals surface area contributed by atoms with Gasteiger partial charge in [0.15, 0.2) is 0 Å². The molecule has 0 bridgehead atoms. The van der Waals surface area contributed by atoms with E-state index in [2.05, 4.69) is 25.8 Å². The molecule has 2 rings (SSSR count). The molecule has 1 aliphatic heterocycles. The van der Waals surface area contributed by atoms with E-state index in [-0.39, 0.29) is 0 Å². The first kappa shape index (κ1) is 11.4. The molecule has 1 aliphatic carbocycles. The van der Waals surface area contributed by atoms with Gasteiger partial charge in [-0.3, -0.25) is 0 Å². The normalized spacial score (nSPS) is 37.2. The topological polar surface area (TPSA) is 12.5 Å². The first-order valence-electron chi connectivity index (χ1n) is 6.46. The van der Waals surface area contributed by atoms with Gasteiger partial charge < -0.3 is 9.64 Å². The molecule has 0 spiro atoms.